The van der Waals surface area contributed by atoms with Crippen molar-refractivity contribution in [2.24, 2.45) is 0 Å². The van der Waals surface area contributed by atoms with Gasteiger partial charge in [0, 0.05) is 20.1 Å². The highest BCUT2D eigenvalue weighted by Crippen LogP contribution is 2.24. The summed E-state index contributed by atoms with van der Waals surface area (Å²) in [6.45, 7) is 0. The van der Waals surface area contributed by atoms with Crippen molar-refractivity contribution in [3.8, 4) is 0 Å². The second kappa shape index (κ2) is 5.76. The minimum atomic E-state index is 0.785. The van der Waals surface area contributed by atoms with Gasteiger partial charge >= 0.3 is 0 Å². The Hall–Kier alpha value is -0.440. The van der Waals surface area contributed by atoms with Crippen LogP contribution in [0.4, 0.5) is 0 Å². The largest absolute Gasteiger partial charge is 0.121 e. The summed E-state index contributed by atoms with van der Waals surface area (Å²) in [7, 11) is 0. The van der Waals surface area contributed by atoms with Gasteiger partial charge in [0.15, 0.2) is 0 Å². The Morgan fingerprint density at radius 2 is 1.56 bits per heavy atom. The molecular formula is C13H10BrClS. The van der Waals surface area contributed by atoms with Crippen LogP contribution in [0.1, 0.15) is 5.56 Å². The lowest BCUT2D eigenvalue weighted by atomic mass is 10.2. The van der Waals surface area contributed by atoms with Gasteiger partial charge < -0.3 is 0 Å². The number of hydrogen-bond acceptors (Lipinski definition) is 1. The topological polar surface area (TPSA) is 0 Å². The van der Waals surface area contributed by atoms with Crippen LogP contribution in [-0.2, 0) is 5.75 Å². The van der Waals surface area contributed by atoms with Gasteiger partial charge in [0.2, 0.25) is 0 Å². The molecule has 16 heavy (non-hydrogen) atoms. The van der Waals surface area contributed by atoms with E-state index in [1.165, 1.54) is 10.5 Å². The van der Waals surface area contributed by atoms with Crippen LogP contribution >= 0.6 is 39.3 Å². The van der Waals surface area contributed by atoms with Gasteiger partial charge in [0.25, 0.3) is 0 Å². The Morgan fingerprint density at radius 1 is 0.938 bits per heavy atom. The average Bonchev–Trinajstić information content (AvgIpc) is 2.30. The summed E-state index contributed by atoms with van der Waals surface area (Å²) in [6, 6.07) is 16.3. The molecule has 0 fully saturated rings. The molecule has 0 atom stereocenters. The predicted molar refractivity (Wildman–Crippen MR) is 75.2 cm³/mol. The van der Waals surface area contributed by atoms with Crippen molar-refractivity contribution in [3.05, 3.63) is 63.6 Å². The van der Waals surface area contributed by atoms with Crippen molar-refractivity contribution >= 4 is 39.3 Å². The van der Waals surface area contributed by atoms with Crippen molar-refractivity contribution in [2.45, 2.75) is 10.6 Å². The Bertz CT molecular complexity index is 405. The minimum absolute atomic E-state index is 0.785. The van der Waals surface area contributed by atoms with E-state index in [4.69, 9.17) is 11.6 Å². The second-order valence-corrected chi connectivity index (χ2v) is 5.77. The number of hydrogen-bond donors (Lipinski definition) is 0. The summed E-state index contributed by atoms with van der Waals surface area (Å²) in [5.74, 6) is 0.981. The molecule has 0 unspecified atom stereocenters. The Labute approximate surface area is 113 Å². The fourth-order valence-corrected chi connectivity index (χ4v) is 2.52. The first-order chi connectivity index (χ1) is 7.74. The number of benzene rings is 2. The highest BCUT2D eigenvalue weighted by atomic mass is 79.9. The molecule has 0 heterocycles. The third-order valence-corrected chi connectivity index (χ3v) is 4.00. The molecule has 0 nitrogen and oxygen atoms in total. The Morgan fingerprint density at radius 3 is 2.19 bits per heavy atom. The zero-order valence-electron chi connectivity index (χ0n) is 8.49. The fourth-order valence-electron chi connectivity index (χ4n) is 1.28. The van der Waals surface area contributed by atoms with Crippen LogP contribution in [0.25, 0.3) is 0 Å². The maximum absolute atomic E-state index is 5.83. The van der Waals surface area contributed by atoms with Crippen LogP contribution in [0.5, 0.6) is 0 Å². The van der Waals surface area contributed by atoms with E-state index >= 15 is 0 Å². The van der Waals surface area contributed by atoms with E-state index in [2.05, 4.69) is 40.2 Å². The fraction of sp³-hybridized carbons (Fsp3) is 0.0769. The molecule has 0 bridgehead atoms. The first kappa shape index (κ1) is 12.0. The predicted octanol–water partition coefficient (Wildman–Crippen LogP) is 5.39. The molecule has 2 aromatic carbocycles. The van der Waals surface area contributed by atoms with Gasteiger partial charge in [-0.15, -0.1) is 11.8 Å². The first-order valence-corrected chi connectivity index (χ1v) is 7.02. The third kappa shape index (κ3) is 3.55. The molecule has 3 heteroatoms. The molecule has 0 radical (unpaired) electrons. The van der Waals surface area contributed by atoms with E-state index in [0.717, 1.165) is 15.2 Å². The lowest BCUT2D eigenvalue weighted by Crippen LogP contribution is -1.79. The average molecular weight is 314 g/mol. The minimum Gasteiger partial charge on any atom is -0.121 e. The van der Waals surface area contributed by atoms with Crippen LogP contribution in [0, 0.1) is 0 Å². The van der Waals surface area contributed by atoms with Crippen LogP contribution in [-0.4, -0.2) is 0 Å². The zero-order valence-corrected chi connectivity index (χ0v) is 11.6. The van der Waals surface area contributed by atoms with Crippen molar-refractivity contribution in [3.63, 3.8) is 0 Å². The number of rotatable bonds is 3. The van der Waals surface area contributed by atoms with Crippen LogP contribution in [0.15, 0.2) is 57.9 Å². The molecule has 0 saturated carbocycles. The summed E-state index contributed by atoms with van der Waals surface area (Å²) < 4.78 is 1.12. The van der Waals surface area contributed by atoms with E-state index in [1.54, 1.807) is 0 Å². The summed E-state index contributed by atoms with van der Waals surface area (Å²) in [5.41, 5.74) is 1.32. The van der Waals surface area contributed by atoms with Crippen LogP contribution in [0.2, 0.25) is 5.02 Å². The summed E-state index contributed by atoms with van der Waals surface area (Å²) in [4.78, 5) is 1.24. The SMILES string of the molecule is Clc1ccc(SCc2ccc(Br)cc2)cc1. The molecule has 0 amide bonds. The molecule has 82 valence electrons. The quantitative estimate of drug-likeness (QED) is 0.684. The van der Waals surface area contributed by atoms with E-state index in [0.29, 0.717) is 0 Å². The lowest BCUT2D eigenvalue weighted by Gasteiger charge is -2.02. The molecule has 0 N–H and O–H groups in total. The summed E-state index contributed by atoms with van der Waals surface area (Å²) in [5, 5.41) is 0.785. The van der Waals surface area contributed by atoms with Gasteiger partial charge in [-0.25, -0.2) is 0 Å². The lowest BCUT2D eigenvalue weighted by molar-refractivity contribution is 1.37. The van der Waals surface area contributed by atoms with Crippen molar-refractivity contribution in [1.29, 1.82) is 0 Å². The monoisotopic (exact) mass is 312 g/mol. The van der Waals surface area contributed by atoms with Crippen molar-refractivity contribution in [2.75, 3.05) is 0 Å². The van der Waals surface area contributed by atoms with E-state index < -0.39 is 0 Å². The van der Waals surface area contributed by atoms with Gasteiger partial charge in [0.1, 0.15) is 0 Å². The normalized spacial score (nSPS) is 10.4. The Kier molecular flexibility index (Phi) is 4.33. The number of halogens is 2. The standard InChI is InChI=1S/C13H10BrClS/c14-11-3-1-10(2-4-11)9-16-13-7-5-12(15)6-8-13/h1-8H,9H2. The molecule has 0 saturated heterocycles. The van der Waals surface area contributed by atoms with Crippen molar-refractivity contribution in [1.82, 2.24) is 0 Å². The first-order valence-electron chi connectivity index (χ1n) is 4.87. The van der Waals surface area contributed by atoms with E-state index in [1.807, 2.05) is 36.0 Å². The zero-order chi connectivity index (χ0) is 11.4. The summed E-state index contributed by atoms with van der Waals surface area (Å²) >= 11 is 11.1. The molecule has 2 aromatic rings. The molecule has 2 rings (SSSR count). The second-order valence-electron chi connectivity index (χ2n) is 3.37. The number of thioether (sulfide) groups is 1. The van der Waals surface area contributed by atoms with Crippen LogP contribution in [0.3, 0.4) is 0 Å². The molecule has 0 aromatic heterocycles. The highest BCUT2D eigenvalue weighted by molar-refractivity contribution is 9.10. The Balaban J connectivity index is 1.97. The molecule has 0 aliphatic carbocycles. The van der Waals surface area contributed by atoms with Gasteiger partial charge in [0.05, 0.1) is 0 Å². The van der Waals surface area contributed by atoms with E-state index in [-0.39, 0.29) is 0 Å². The van der Waals surface area contributed by atoms with Gasteiger partial charge in [-0.1, -0.05) is 39.7 Å². The smallest absolute Gasteiger partial charge is 0.0406 e. The summed E-state index contributed by atoms with van der Waals surface area (Å²) in [6.07, 6.45) is 0. The van der Waals surface area contributed by atoms with Crippen LogP contribution < -0.4 is 0 Å². The maximum atomic E-state index is 5.83. The maximum Gasteiger partial charge on any atom is 0.0406 e. The molecule has 0 spiro atoms. The molecular weight excluding hydrogens is 304 g/mol. The third-order valence-electron chi connectivity index (χ3n) is 2.13. The highest BCUT2D eigenvalue weighted by Gasteiger charge is 1.96. The van der Waals surface area contributed by atoms with Crippen molar-refractivity contribution < 1.29 is 0 Å². The van der Waals surface area contributed by atoms with Gasteiger partial charge in [-0.2, -0.15) is 0 Å². The van der Waals surface area contributed by atoms with Gasteiger partial charge in [-0.05, 0) is 42.0 Å². The molecule has 0 aliphatic heterocycles. The molecule has 0 aliphatic rings. The van der Waals surface area contributed by atoms with Gasteiger partial charge in [-0.3, -0.25) is 0 Å². The van der Waals surface area contributed by atoms with E-state index in [9.17, 15) is 0 Å².